The molecule has 114 valence electrons. The second-order valence-corrected chi connectivity index (χ2v) is 7.15. The van der Waals surface area contributed by atoms with Crippen LogP contribution in [0.15, 0.2) is 58.0 Å². The number of tetrazole rings is 1. The lowest BCUT2D eigenvalue weighted by Gasteiger charge is -2.07. The molecule has 0 atom stereocenters. The first-order valence-electron chi connectivity index (χ1n) is 7.25. The molecule has 0 aliphatic heterocycles. The number of hydrogen-bond acceptors (Lipinski definition) is 6. The van der Waals surface area contributed by atoms with Gasteiger partial charge in [-0.3, -0.25) is 0 Å². The number of aromatic nitrogens is 5. The summed E-state index contributed by atoms with van der Waals surface area (Å²) in [6, 6.07) is 16.3. The average molecular weight is 339 g/mol. The monoisotopic (exact) mass is 339 g/mol. The van der Waals surface area contributed by atoms with Crippen molar-refractivity contribution in [2.75, 3.05) is 0 Å². The maximum Gasteiger partial charge on any atom is 0.221 e. The molecular formula is C16H13N5S2. The minimum Gasteiger partial charge on any atom is -0.229 e. The lowest BCUT2D eigenvalue weighted by molar-refractivity contribution is 0.747. The summed E-state index contributed by atoms with van der Waals surface area (Å²) in [5.41, 5.74) is 3.24. The first kappa shape index (κ1) is 14.3. The van der Waals surface area contributed by atoms with Crippen LogP contribution in [0.1, 0.15) is 12.5 Å². The largest absolute Gasteiger partial charge is 0.229 e. The summed E-state index contributed by atoms with van der Waals surface area (Å²) in [6.07, 6.45) is 0.932. The smallest absolute Gasteiger partial charge is 0.221 e. The van der Waals surface area contributed by atoms with Gasteiger partial charge in [0, 0.05) is 0 Å². The Kier molecular flexibility index (Phi) is 3.80. The average Bonchev–Trinajstić information content (AvgIpc) is 3.21. The van der Waals surface area contributed by atoms with E-state index >= 15 is 0 Å². The van der Waals surface area contributed by atoms with Gasteiger partial charge in [0.25, 0.3) is 0 Å². The van der Waals surface area contributed by atoms with Crippen molar-refractivity contribution in [2.24, 2.45) is 0 Å². The number of benzene rings is 2. The Morgan fingerprint density at radius 2 is 1.91 bits per heavy atom. The zero-order valence-electron chi connectivity index (χ0n) is 12.4. The fraction of sp³-hybridized carbons (Fsp3) is 0.125. The van der Waals surface area contributed by atoms with Crippen LogP contribution in [0.25, 0.3) is 15.9 Å². The summed E-state index contributed by atoms with van der Waals surface area (Å²) < 4.78 is 3.90. The molecule has 2 aromatic heterocycles. The summed E-state index contributed by atoms with van der Waals surface area (Å²) in [6.45, 7) is 2.13. The molecule has 0 saturated heterocycles. The van der Waals surface area contributed by atoms with Crippen molar-refractivity contribution in [3.05, 3.63) is 54.1 Å². The highest BCUT2D eigenvalue weighted by molar-refractivity contribution is 8.01. The highest BCUT2D eigenvalue weighted by Gasteiger charge is 2.14. The van der Waals surface area contributed by atoms with Gasteiger partial charge in [-0.25, -0.2) is 4.98 Å². The molecule has 0 unspecified atom stereocenters. The Morgan fingerprint density at radius 1 is 1.09 bits per heavy atom. The second-order valence-electron chi connectivity index (χ2n) is 4.91. The maximum absolute atomic E-state index is 4.64. The highest BCUT2D eigenvalue weighted by atomic mass is 32.2. The van der Waals surface area contributed by atoms with Crippen molar-refractivity contribution in [3.8, 4) is 5.69 Å². The van der Waals surface area contributed by atoms with Crippen LogP contribution < -0.4 is 0 Å². The molecule has 0 aliphatic carbocycles. The third-order valence-electron chi connectivity index (χ3n) is 3.49. The Labute approximate surface area is 141 Å². The maximum atomic E-state index is 4.64. The van der Waals surface area contributed by atoms with E-state index in [9.17, 15) is 0 Å². The van der Waals surface area contributed by atoms with Gasteiger partial charge in [-0.1, -0.05) is 37.3 Å². The van der Waals surface area contributed by atoms with Crippen LogP contribution in [0.4, 0.5) is 0 Å². The van der Waals surface area contributed by atoms with Gasteiger partial charge in [0.05, 0.1) is 15.9 Å². The van der Waals surface area contributed by atoms with Crippen molar-refractivity contribution in [1.29, 1.82) is 0 Å². The number of aryl methyl sites for hydroxylation is 1. The molecule has 0 saturated carbocycles. The van der Waals surface area contributed by atoms with Crippen LogP contribution in [0.3, 0.4) is 0 Å². The van der Waals surface area contributed by atoms with E-state index in [1.807, 2.05) is 36.4 Å². The Balaban J connectivity index is 1.72. The molecule has 0 N–H and O–H groups in total. The molecular weight excluding hydrogens is 326 g/mol. The fourth-order valence-electron chi connectivity index (χ4n) is 2.38. The fourth-order valence-corrected chi connectivity index (χ4v) is 4.34. The van der Waals surface area contributed by atoms with E-state index in [4.69, 9.17) is 0 Å². The highest BCUT2D eigenvalue weighted by Crippen LogP contribution is 2.34. The molecule has 0 amide bonds. The van der Waals surface area contributed by atoms with Crippen molar-refractivity contribution < 1.29 is 0 Å². The van der Waals surface area contributed by atoms with Gasteiger partial charge in [-0.2, -0.15) is 4.68 Å². The molecule has 4 aromatic rings. The van der Waals surface area contributed by atoms with Gasteiger partial charge in [-0.15, -0.1) is 16.4 Å². The quantitative estimate of drug-likeness (QED) is 0.563. The van der Waals surface area contributed by atoms with E-state index < -0.39 is 0 Å². The van der Waals surface area contributed by atoms with E-state index in [2.05, 4.69) is 39.6 Å². The molecule has 0 aliphatic rings. The Morgan fingerprint density at radius 3 is 2.78 bits per heavy atom. The number of thiazole rings is 1. The number of nitrogens with zero attached hydrogens (tertiary/aromatic N) is 5. The zero-order valence-corrected chi connectivity index (χ0v) is 14.0. The molecule has 4 rings (SSSR count). The van der Waals surface area contributed by atoms with E-state index in [0.29, 0.717) is 0 Å². The summed E-state index contributed by atoms with van der Waals surface area (Å²) >= 11 is 3.15. The molecule has 0 radical (unpaired) electrons. The van der Waals surface area contributed by atoms with Crippen molar-refractivity contribution in [2.45, 2.75) is 22.8 Å². The second kappa shape index (κ2) is 6.10. The molecule has 2 heterocycles. The summed E-state index contributed by atoms with van der Waals surface area (Å²) in [7, 11) is 0. The normalized spacial score (nSPS) is 11.2. The predicted molar refractivity (Wildman–Crippen MR) is 92.3 cm³/mol. The standard InChI is InChI=1S/C16H13N5S2/c1-2-11-7-3-5-9-13(11)21-15(18-19-20-21)23-16-17-12-8-4-6-10-14(12)22-16/h3-10H,2H2,1H3. The van der Waals surface area contributed by atoms with Crippen LogP contribution in [0.2, 0.25) is 0 Å². The molecule has 23 heavy (non-hydrogen) atoms. The molecule has 0 spiro atoms. The lowest BCUT2D eigenvalue weighted by Crippen LogP contribution is -2.02. The van der Waals surface area contributed by atoms with E-state index in [1.165, 1.54) is 22.0 Å². The minimum absolute atomic E-state index is 0.727. The predicted octanol–water partition coefficient (Wildman–Crippen LogP) is 3.99. The van der Waals surface area contributed by atoms with Crippen LogP contribution in [0.5, 0.6) is 0 Å². The van der Waals surface area contributed by atoms with Crippen molar-refractivity contribution >= 4 is 33.3 Å². The Bertz CT molecular complexity index is 927. The molecule has 5 nitrogen and oxygen atoms in total. The third-order valence-corrected chi connectivity index (χ3v) is 5.53. The van der Waals surface area contributed by atoms with Gasteiger partial charge in [-0.05, 0) is 52.4 Å². The summed E-state index contributed by atoms with van der Waals surface area (Å²) in [4.78, 5) is 4.64. The summed E-state index contributed by atoms with van der Waals surface area (Å²) in [5.74, 6) is 0. The van der Waals surface area contributed by atoms with Gasteiger partial charge in [0.15, 0.2) is 4.34 Å². The van der Waals surface area contributed by atoms with E-state index in [0.717, 1.165) is 27.1 Å². The van der Waals surface area contributed by atoms with Gasteiger partial charge in [0.1, 0.15) is 0 Å². The molecule has 7 heteroatoms. The van der Waals surface area contributed by atoms with Gasteiger partial charge in [0.2, 0.25) is 5.16 Å². The molecule has 2 aromatic carbocycles. The minimum atomic E-state index is 0.727. The number of para-hydroxylation sites is 2. The first-order chi connectivity index (χ1) is 11.3. The van der Waals surface area contributed by atoms with Crippen molar-refractivity contribution in [3.63, 3.8) is 0 Å². The zero-order chi connectivity index (χ0) is 15.6. The summed E-state index contributed by atoms with van der Waals surface area (Å²) in [5, 5.41) is 12.9. The van der Waals surface area contributed by atoms with Crippen LogP contribution in [0, 0.1) is 0 Å². The first-order valence-corrected chi connectivity index (χ1v) is 8.88. The number of fused-ring (bicyclic) bond motifs is 1. The number of hydrogen-bond donors (Lipinski definition) is 0. The van der Waals surface area contributed by atoms with Crippen LogP contribution in [-0.2, 0) is 6.42 Å². The SMILES string of the molecule is CCc1ccccc1-n1nnnc1Sc1nc2ccccc2s1. The van der Waals surface area contributed by atoms with Crippen LogP contribution >= 0.6 is 23.1 Å². The number of rotatable bonds is 4. The van der Waals surface area contributed by atoms with Crippen molar-refractivity contribution in [1.82, 2.24) is 25.2 Å². The molecule has 0 fully saturated rings. The lowest BCUT2D eigenvalue weighted by atomic mass is 10.1. The van der Waals surface area contributed by atoms with Crippen LogP contribution in [-0.4, -0.2) is 25.2 Å². The van der Waals surface area contributed by atoms with Gasteiger partial charge >= 0.3 is 0 Å². The van der Waals surface area contributed by atoms with E-state index in [-0.39, 0.29) is 0 Å². The van der Waals surface area contributed by atoms with Gasteiger partial charge < -0.3 is 0 Å². The molecule has 0 bridgehead atoms. The Hall–Kier alpha value is -2.25. The topological polar surface area (TPSA) is 56.5 Å². The van der Waals surface area contributed by atoms with E-state index in [1.54, 1.807) is 16.0 Å². The third kappa shape index (κ3) is 2.73.